The van der Waals surface area contributed by atoms with Crippen molar-refractivity contribution in [3.05, 3.63) is 64.8 Å². The maximum atomic E-state index is 12.6. The molecule has 1 aliphatic rings. The first-order valence-electron chi connectivity index (χ1n) is 7.24. The molecule has 0 fully saturated rings. The minimum atomic E-state index is -1.66. The number of anilines is 1. The maximum Gasteiger partial charge on any atom is 0.265 e. The number of hydrogen-bond acceptors (Lipinski definition) is 2. The molecule has 1 amide bonds. The summed E-state index contributed by atoms with van der Waals surface area (Å²) in [5, 5.41) is 15.0. The summed E-state index contributed by atoms with van der Waals surface area (Å²) in [6, 6.07) is 13.3. The number of carbonyl (C=O) groups is 1. The molecule has 0 aliphatic carbocycles. The van der Waals surface area contributed by atoms with Crippen molar-refractivity contribution in [3.8, 4) is 0 Å². The number of amides is 1. The monoisotopic (exact) mass is 292 g/mol. The van der Waals surface area contributed by atoms with E-state index in [1.165, 1.54) is 0 Å². The van der Waals surface area contributed by atoms with E-state index < -0.39 is 11.5 Å². The topological polar surface area (TPSA) is 65.1 Å². The van der Waals surface area contributed by atoms with Gasteiger partial charge in [0.15, 0.2) is 5.60 Å². The minimum Gasteiger partial charge on any atom is -0.372 e. The summed E-state index contributed by atoms with van der Waals surface area (Å²) in [6.45, 7) is 3.84. The Morgan fingerprint density at radius 2 is 1.86 bits per heavy atom. The fraction of sp³-hybridized carbons (Fsp3) is 0.167. The van der Waals surface area contributed by atoms with Crippen molar-refractivity contribution in [1.82, 2.24) is 4.98 Å². The number of nitrogens with one attached hydrogen (secondary N) is 2. The number of H-pyrrole nitrogens is 1. The van der Waals surface area contributed by atoms with Crippen LogP contribution in [0.3, 0.4) is 0 Å². The van der Waals surface area contributed by atoms with Crippen LogP contribution in [0.5, 0.6) is 0 Å². The van der Waals surface area contributed by atoms with Crippen LogP contribution in [0, 0.1) is 13.8 Å². The molecule has 2 heterocycles. The lowest BCUT2D eigenvalue weighted by molar-refractivity contribution is -0.129. The van der Waals surface area contributed by atoms with Gasteiger partial charge >= 0.3 is 0 Å². The van der Waals surface area contributed by atoms with E-state index in [0.717, 1.165) is 22.2 Å². The number of aliphatic hydroxyl groups is 1. The van der Waals surface area contributed by atoms with Gasteiger partial charge in [-0.2, -0.15) is 0 Å². The maximum absolute atomic E-state index is 12.6. The molecule has 110 valence electrons. The molecule has 3 aromatic rings. The smallest absolute Gasteiger partial charge is 0.265 e. The average molecular weight is 292 g/mol. The predicted octanol–water partition coefficient (Wildman–Crippen LogP) is 2.97. The number of aromatic nitrogens is 1. The van der Waals surface area contributed by atoms with Crippen molar-refractivity contribution >= 4 is 22.5 Å². The number of aromatic amines is 1. The van der Waals surface area contributed by atoms with E-state index in [4.69, 9.17) is 0 Å². The molecule has 0 bridgehead atoms. The molecule has 3 N–H and O–H groups in total. The predicted molar refractivity (Wildman–Crippen MR) is 85.8 cm³/mol. The molecule has 4 heteroatoms. The van der Waals surface area contributed by atoms with Gasteiger partial charge in [0.25, 0.3) is 5.91 Å². The Morgan fingerprint density at radius 1 is 1.09 bits per heavy atom. The zero-order valence-electron chi connectivity index (χ0n) is 12.4. The first kappa shape index (κ1) is 13.1. The number of para-hydroxylation sites is 1. The summed E-state index contributed by atoms with van der Waals surface area (Å²) >= 11 is 0. The molecule has 0 spiro atoms. The highest BCUT2D eigenvalue weighted by Crippen LogP contribution is 2.44. The number of benzene rings is 2. The Morgan fingerprint density at radius 3 is 2.68 bits per heavy atom. The summed E-state index contributed by atoms with van der Waals surface area (Å²) in [6.07, 6.45) is 0. The Kier molecular flexibility index (Phi) is 2.51. The van der Waals surface area contributed by atoms with Gasteiger partial charge in [-0.25, -0.2) is 0 Å². The molecule has 4 rings (SSSR count). The van der Waals surface area contributed by atoms with Crippen LogP contribution in [-0.2, 0) is 10.4 Å². The van der Waals surface area contributed by atoms with Crippen LogP contribution in [-0.4, -0.2) is 16.0 Å². The SMILES string of the molecule is Cc1ccc2c(c1)NC(=O)C2(O)c1c(C)[nH]c2ccccc12. The van der Waals surface area contributed by atoms with Crippen molar-refractivity contribution in [2.24, 2.45) is 0 Å². The molecule has 1 aromatic heterocycles. The van der Waals surface area contributed by atoms with E-state index >= 15 is 0 Å². The van der Waals surface area contributed by atoms with Gasteiger partial charge in [0, 0.05) is 33.4 Å². The molecule has 1 atom stereocenters. The second-order valence-electron chi connectivity index (χ2n) is 5.88. The Bertz CT molecular complexity index is 926. The normalized spacial score (nSPS) is 20.2. The number of aryl methyl sites for hydroxylation is 2. The number of hydrogen-bond donors (Lipinski definition) is 3. The Labute approximate surface area is 127 Å². The molecular weight excluding hydrogens is 276 g/mol. The van der Waals surface area contributed by atoms with Gasteiger partial charge in [-0.3, -0.25) is 4.79 Å². The Hall–Kier alpha value is -2.59. The van der Waals surface area contributed by atoms with Crippen LogP contribution < -0.4 is 5.32 Å². The highest BCUT2D eigenvalue weighted by Gasteiger charge is 2.49. The number of rotatable bonds is 1. The standard InChI is InChI=1S/C18H16N2O2/c1-10-7-8-13-15(9-10)20-17(21)18(13,22)16-11(2)19-14-6-4-3-5-12(14)16/h3-9,19,22H,1-2H3,(H,20,21). The molecule has 22 heavy (non-hydrogen) atoms. The van der Waals surface area contributed by atoms with Crippen LogP contribution in [0.25, 0.3) is 10.9 Å². The summed E-state index contributed by atoms with van der Waals surface area (Å²) < 4.78 is 0. The summed E-state index contributed by atoms with van der Waals surface area (Å²) in [4.78, 5) is 15.8. The molecule has 0 radical (unpaired) electrons. The quantitative estimate of drug-likeness (QED) is 0.645. The number of carbonyl (C=O) groups excluding carboxylic acids is 1. The highest BCUT2D eigenvalue weighted by atomic mass is 16.3. The molecular formula is C18H16N2O2. The van der Waals surface area contributed by atoms with E-state index in [-0.39, 0.29) is 0 Å². The Balaban J connectivity index is 2.06. The highest BCUT2D eigenvalue weighted by molar-refractivity contribution is 6.10. The molecule has 1 aliphatic heterocycles. The third-order valence-electron chi connectivity index (χ3n) is 4.40. The van der Waals surface area contributed by atoms with E-state index in [2.05, 4.69) is 10.3 Å². The third kappa shape index (κ3) is 1.53. The molecule has 4 nitrogen and oxygen atoms in total. The number of fused-ring (bicyclic) bond motifs is 2. The van der Waals surface area contributed by atoms with Gasteiger partial charge in [-0.1, -0.05) is 30.3 Å². The van der Waals surface area contributed by atoms with Crippen LogP contribution in [0.1, 0.15) is 22.4 Å². The van der Waals surface area contributed by atoms with Gasteiger partial charge in [0.1, 0.15) is 0 Å². The van der Waals surface area contributed by atoms with Crippen molar-refractivity contribution < 1.29 is 9.90 Å². The van der Waals surface area contributed by atoms with Crippen LogP contribution in [0.4, 0.5) is 5.69 Å². The molecule has 0 saturated heterocycles. The molecule has 1 unspecified atom stereocenters. The second kappa shape index (κ2) is 4.21. The van der Waals surface area contributed by atoms with E-state index in [1.54, 1.807) is 0 Å². The molecule has 2 aromatic carbocycles. The second-order valence-corrected chi connectivity index (χ2v) is 5.88. The largest absolute Gasteiger partial charge is 0.372 e. The van der Waals surface area contributed by atoms with E-state index in [1.807, 2.05) is 56.3 Å². The summed E-state index contributed by atoms with van der Waals surface area (Å²) in [5.74, 6) is -0.402. The third-order valence-corrected chi connectivity index (χ3v) is 4.40. The van der Waals surface area contributed by atoms with E-state index in [9.17, 15) is 9.90 Å². The summed E-state index contributed by atoms with van der Waals surface area (Å²) in [7, 11) is 0. The lowest BCUT2D eigenvalue weighted by Crippen LogP contribution is -2.35. The van der Waals surface area contributed by atoms with Crippen LogP contribution in [0.15, 0.2) is 42.5 Å². The minimum absolute atomic E-state index is 0.402. The van der Waals surface area contributed by atoms with E-state index in [0.29, 0.717) is 16.8 Å². The lowest BCUT2D eigenvalue weighted by Gasteiger charge is -2.22. The zero-order valence-corrected chi connectivity index (χ0v) is 12.4. The van der Waals surface area contributed by atoms with Crippen LogP contribution in [0.2, 0.25) is 0 Å². The van der Waals surface area contributed by atoms with Gasteiger partial charge in [0.05, 0.1) is 0 Å². The molecule has 0 saturated carbocycles. The van der Waals surface area contributed by atoms with Crippen molar-refractivity contribution in [1.29, 1.82) is 0 Å². The van der Waals surface area contributed by atoms with Gasteiger partial charge in [-0.05, 0) is 31.5 Å². The average Bonchev–Trinajstić information content (AvgIpc) is 2.93. The first-order chi connectivity index (χ1) is 10.5. The van der Waals surface area contributed by atoms with Crippen molar-refractivity contribution in [3.63, 3.8) is 0 Å². The van der Waals surface area contributed by atoms with Crippen molar-refractivity contribution in [2.75, 3.05) is 5.32 Å². The van der Waals surface area contributed by atoms with Gasteiger partial charge in [-0.15, -0.1) is 0 Å². The van der Waals surface area contributed by atoms with Crippen LogP contribution >= 0.6 is 0 Å². The summed E-state index contributed by atoms with van der Waals surface area (Å²) in [5.41, 5.74) is 3.01. The lowest BCUT2D eigenvalue weighted by atomic mass is 9.85. The van der Waals surface area contributed by atoms with Gasteiger partial charge < -0.3 is 15.4 Å². The fourth-order valence-corrected chi connectivity index (χ4v) is 3.40. The first-order valence-corrected chi connectivity index (χ1v) is 7.24. The zero-order chi connectivity index (χ0) is 15.5. The van der Waals surface area contributed by atoms with Gasteiger partial charge in [0.2, 0.25) is 0 Å². The fourth-order valence-electron chi connectivity index (χ4n) is 3.40. The van der Waals surface area contributed by atoms with Crippen molar-refractivity contribution in [2.45, 2.75) is 19.4 Å².